The third-order valence-corrected chi connectivity index (χ3v) is 1.81. The number of hydrogen-bond acceptors (Lipinski definition) is 2. The van der Waals surface area contributed by atoms with Gasteiger partial charge in [-0.1, -0.05) is 6.08 Å². The molecule has 0 bridgehead atoms. The Balaban J connectivity index is 3.26. The first kappa shape index (κ1) is 10.7. The van der Waals surface area contributed by atoms with Crippen molar-refractivity contribution in [1.29, 1.82) is 0 Å². The van der Waals surface area contributed by atoms with E-state index in [9.17, 15) is 13.9 Å². The van der Waals surface area contributed by atoms with Gasteiger partial charge < -0.3 is 9.84 Å². The molecule has 0 saturated carbocycles. The fourth-order valence-corrected chi connectivity index (χ4v) is 1.08. The van der Waals surface area contributed by atoms with Gasteiger partial charge in [-0.3, -0.25) is 0 Å². The lowest BCUT2D eigenvalue weighted by atomic mass is 10.1. The zero-order valence-corrected chi connectivity index (χ0v) is 7.63. The molecule has 0 aliphatic rings. The van der Waals surface area contributed by atoms with Gasteiger partial charge in [0.05, 0.1) is 7.11 Å². The molecule has 0 aliphatic heterocycles. The predicted molar refractivity (Wildman–Crippen MR) is 48.1 cm³/mol. The summed E-state index contributed by atoms with van der Waals surface area (Å²) in [6.45, 7) is 3.34. The molecule has 1 aromatic carbocycles. The predicted octanol–water partition coefficient (Wildman–Crippen LogP) is 2.19. The summed E-state index contributed by atoms with van der Waals surface area (Å²) >= 11 is 0. The van der Waals surface area contributed by atoms with Crippen LogP contribution in [-0.4, -0.2) is 12.2 Å². The fourth-order valence-electron chi connectivity index (χ4n) is 1.08. The maximum atomic E-state index is 12.8. The Morgan fingerprint density at radius 3 is 2.50 bits per heavy atom. The highest BCUT2D eigenvalue weighted by Crippen LogP contribution is 2.28. The summed E-state index contributed by atoms with van der Waals surface area (Å²) in [7, 11) is 1.31. The Hall–Kier alpha value is -1.42. The first-order valence-corrected chi connectivity index (χ1v) is 3.93. The molecule has 1 N–H and O–H groups in total. The van der Waals surface area contributed by atoms with Gasteiger partial charge in [0.15, 0.2) is 11.6 Å². The Labute approximate surface area is 80.4 Å². The highest BCUT2D eigenvalue weighted by Gasteiger charge is 2.14. The standard InChI is InChI=1S/C10H10F2O2/c1-3-9(13)6-4-7(11)8(12)5-10(6)14-2/h3-5,9,13H,1H2,2H3. The summed E-state index contributed by atoms with van der Waals surface area (Å²) in [5.74, 6) is -1.94. The van der Waals surface area contributed by atoms with E-state index in [1.807, 2.05) is 0 Å². The topological polar surface area (TPSA) is 29.5 Å². The normalized spacial score (nSPS) is 12.3. The molecule has 0 amide bonds. The van der Waals surface area contributed by atoms with Gasteiger partial charge in [0.25, 0.3) is 0 Å². The zero-order valence-electron chi connectivity index (χ0n) is 7.63. The van der Waals surface area contributed by atoms with E-state index in [4.69, 9.17) is 4.74 Å². The van der Waals surface area contributed by atoms with Gasteiger partial charge in [0, 0.05) is 11.6 Å². The quantitative estimate of drug-likeness (QED) is 0.758. The molecule has 76 valence electrons. The van der Waals surface area contributed by atoms with Crippen molar-refractivity contribution in [1.82, 2.24) is 0 Å². The molecule has 4 heteroatoms. The summed E-state index contributed by atoms with van der Waals surface area (Å²) in [5.41, 5.74) is 0.154. The molecule has 0 heterocycles. The number of benzene rings is 1. The zero-order chi connectivity index (χ0) is 10.7. The second-order valence-corrected chi connectivity index (χ2v) is 2.69. The van der Waals surface area contributed by atoms with E-state index in [0.717, 1.165) is 12.1 Å². The van der Waals surface area contributed by atoms with Crippen molar-refractivity contribution in [3.05, 3.63) is 42.0 Å². The maximum absolute atomic E-state index is 12.8. The van der Waals surface area contributed by atoms with E-state index in [1.54, 1.807) is 0 Å². The van der Waals surface area contributed by atoms with Gasteiger partial charge in [0.1, 0.15) is 11.9 Å². The van der Waals surface area contributed by atoms with E-state index >= 15 is 0 Å². The Kier molecular flexibility index (Phi) is 3.19. The number of ether oxygens (including phenoxy) is 1. The van der Waals surface area contributed by atoms with Gasteiger partial charge in [-0.2, -0.15) is 0 Å². The SMILES string of the molecule is C=CC(O)c1cc(F)c(F)cc1OC. The number of aliphatic hydroxyl groups excluding tert-OH is 1. The minimum atomic E-state index is -1.07. The lowest BCUT2D eigenvalue weighted by molar-refractivity contribution is 0.222. The van der Waals surface area contributed by atoms with Crippen LogP contribution in [0.5, 0.6) is 5.75 Å². The molecule has 0 aliphatic carbocycles. The van der Waals surface area contributed by atoms with E-state index in [2.05, 4.69) is 6.58 Å². The van der Waals surface area contributed by atoms with E-state index in [0.29, 0.717) is 0 Å². The molecule has 1 aromatic rings. The number of aliphatic hydroxyl groups is 1. The van der Waals surface area contributed by atoms with Crippen LogP contribution < -0.4 is 4.74 Å². The number of methoxy groups -OCH3 is 1. The van der Waals surface area contributed by atoms with Crippen LogP contribution in [-0.2, 0) is 0 Å². The molecule has 1 unspecified atom stereocenters. The van der Waals surface area contributed by atoms with E-state index in [1.165, 1.54) is 13.2 Å². The summed E-state index contributed by atoms with van der Waals surface area (Å²) < 4.78 is 30.4. The highest BCUT2D eigenvalue weighted by molar-refractivity contribution is 5.37. The van der Waals surface area contributed by atoms with Gasteiger partial charge in [0.2, 0.25) is 0 Å². The van der Waals surface area contributed by atoms with Crippen LogP contribution in [0.1, 0.15) is 11.7 Å². The molecule has 1 atom stereocenters. The average Bonchev–Trinajstić information content (AvgIpc) is 2.20. The Morgan fingerprint density at radius 2 is 2.00 bits per heavy atom. The molecule has 0 aromatic heterocycles. The van der Waals surface area contributed by atoms with Gasteiger partial charge >= 0.3 is 0 Å². The summed E-state index contributed by atoms with van der Waals surface area (Å²) in [6.07, 6.45) is 0.134. The Bertz CT molecular complexity index is 350. The van der Waals surface area contributed by atoms with Crippen molar-refractivity contribution in [2.45, 2.75) is 6.10 Å². The van der Waals surface area contributed by atoms with Gasteiger partial charge in [-0.25, -0.2) is 8.78 Å². The van der Waals surface area contributed by atoms with Crippen LogP contribution in [0.3, 0.4) is 0 Å². The molecule has 0 spiro atoms. The highest BCUT2D eigenvalue weighted by atomic mass is 19.2. The maximum Gasteiger partial charge on any atom is 0.162 e. The molecule has 0 radical (unpaired) electrons. The van der Waals surface area contributed by atoms with Crippen LogP contribution in [0.25, 0.3) is 0 Å². The first-order valence-electron chi connectivity index (χ1n) is 3.93. The minimum Gasteiger partial charge on any atom is -0.496 e. The third-order valence-electron chi connectivity index (χ3n) is 1.81. The monoisotopic (exact) mass is 200 g/mol. The average molecular weight is 200 g/mol. The van der Waals surface area contributed by atoms with Crippen molar-refractivity contribution >= 4 is 0 Å². The van der Waals surface area contributed by atoms with E-state index < -0.39 is 17.7 Å². The van der Waals surface area contributed by atoms with Crippen molar-refractivity contribution in [2.24, 2.45) is 0 Å². The largest absolute Gasteiger partial charge is 0.496 e. The van der Waals surface area contributed by atoms with Crippen LogP contribution in [0, 0.1) is 11.6 Å². The van der Waals surface area contributed by atoms with Crippen LogP contribution >= 0.6 is 0 Å². The summed E-state index contributed by atoms with van der Waals surface area (Å²) in [4.78, 5) is 0. The molecule has 0 fully saturated rings. The van der Waals surface area contributed by atoms with Crippen LogP contribution in [0.15, 0.2) is 24.8 Å². The number of halogens is 2. The lowest BCUT2D eigenvalue weighted by Gasteiger charge is -2.11. The fraction of sp³-hybridized carbons (Fsp3) is 0.200. The van der Waals surface area contributed by atoms with Crippen molar-refractivity contribution in [2.75, 3.05) is 7.11 Å². The first-order chi connectivity index (χ1) is 6.60. The molecule has 0 saturated heterocycles. The molecule has 2 nitrogen and oxygen atoms in total. The lowest BCUT2D eigenvalue weighted by Crippen LogP contribution is -2.00. The van der Waals surface area contributed by atoms with E-state index in [-0.39, 0.29) is 11.3 Å². The second-order valence-electron chi connectivity index (χ2n) is 2.69. The van der Waals surface area contributed by atoms with Crippen LogP contribution in [0.2, 0.25) is 0 Å². The van der Waals surface area contributed by atoms with Gasteiger partial charge in [-0.05, 0) is 6.07 Å². The molecular formula is C10H10F2O2. The minimum absolute atomic E-state index is 0.0938. The molecule has 1 rings (SSSR count). The second kappa shape index (κ2) is 4.19. The Morgan fingerprint density at radius 1 is 1.43 bits per heavy atom. The van der Waals surface area contributed by atoms with Gasteiger partial charge in [-0.15, -0.1) is 6.58 Å². The van der Waals surface area contributed by atoms with Crippen molar-refractivity contribution in [3.8, 4) is 5.75 Å². The number of hydrogen-bond donors (Lipinski definition) is 1. The molecule has 14 heavy (non-hydrogen) atoms. The smallest absolute Gasteiger partial charge is 0.162 e. The summed E-state index contributed by atoms with van der Waals surface area (Å²) in [5, 5.41) is 9.37. The summed E-state index contributed by atoms with van der Waals surface area (Å²) in [6, 6.07) is 1.78. The van der Waals surface area contributed by atoms with Crippen molar-refractivity contribution < 1.29 is 18.6 Å². The van der Waals surface area contributed by atoms with Crippen LogP contribution in [0.4, 0.5) is 8.78 Å². The third kappa shape index (κ3) is 1.90. The van der Waals surface area contributed by atoms with Crippen molar-refractivity contribution in [3.63, 3.8) is 0 Å². The number of rotatable bonds is 3. The molecular weight excluding hydrogens is 190 g/mol.